The number of pyridine rings is 1. The van der Waals surface area contributed by atoms with Crippen LogP contribution in [0.3, 0.4) is 0 Å². The number of aromatic nitrogens is 1. The molecule has 108 valence electrons. The van der Waals surface area contributed by atoms with Gasteiger partial charge in [-0.1, -0.05) is 33.6 Å². The van der Waals surface area contributed by atoms with Gasteiger partial charge in [0.15, 0.2) is 0 Å². The van der Waals surface area contributed by atoms with E-state index in [1.54, 1.807) is 6.92 Å². The molecule has 0 aromatic carbocycles. The van der Waals surface area contributed by atoms with Crippen molar-refractivity contribution >= 4 is 10.0 Å². The lowest BCUT2D eigenvalue weighted by molar-refractivity contribution is 0.339. The number of aromatic amines is 1. The van der Waals surface area contributed by atoms with E-state index in [9.17, 15) is 13.2 Å². The largest absolute Gasteiger partial charge is 0.366 e. The molecular formula is C13H22N2O3S. The first-order chi connectivity index (χ1) is 8.97. The Morgan fingerprint density at radius 2 is 1.89 bits per heavy atom. The predicted molar refractivity (Wildman–Crippen MR) is 75.6 cm³/mol. The van der Waals surface area contributed by atoms with E-state index >= 15 is 0 Å². The van der Waals surface area contributed by atoms with Crippen molar-refractivity contribution in [2.45, 2.75) is 38.5 Å². The van der Waals surface area contributed by atoms with E-state index in [0.29, 0.717) is 19.0 Å². The summed E-state index contributed by atoms with van der Waals surface area (Å²) in [5, 5.41) is 0. The van der Waals surface area contributed by atoms with Crippen LogP contribution < -0.4 is 5.43 Å². The molecule has 0 aliphatic rings. The van der Waals surface area contributed by atoms with Gasteiger partial charge in [-0.3, -0.25) is 4.79 Å². The van der Waals surface area contributed by atoms with Gasteiger partial charge in [-0.05, 0) is 5.92 Å². The maximum atomic E-state index is 12.5. The van der Waals surface area contributed by atoms with E-state index in [0.717, 1.165) is 12.8 Å². The van der Waals surface area contributed by atoms with Crippen molar-refractivity contribution in [3.05, 3.63) is 28.7 Å². The molecule has 1 aromatic heterocycles. The van der Waals surface area contributed by atoms with Crippen LogP contribution in [0.4, 0.5) is 0 Å². The highest BCUT2D eigenvalue weighted by molar-refractivity contribution is 7.89. The highest BCUT2D eigenvalue weighted by Crippen LogP contribution is 2.16. The van der Waals surface area contributed by atoms with Crippen molar-refractivity contribution in [1.29, 1.82) is 0 Å². The van der Waals surface area contributed by atoms with Crippen LogP contribution in [0.2, 0.25) is 0 Å². The van der Waals surface area contributed by atoms with Crippen molar-refractivity contribution < 1.29 is 8.42 Å². The van der Waals surface area contributed by atoms with Gasteiger partial charge in [0.1, 0.15) is 4.90 Å². The minimum absolute atomic E-state index is 0.178. The molecule has 0 aliphatic carbocycles. The van der Waals surface area contributed by atoms with E-state index < -0.39 is 15.5 Å². The van der Waals surface area contributed by atoms with Crippen LogP contribution in [0.25, 0.3) is 0 Å². The van der Waals surface area contributed by atoms with Gasteiger partial charge in [-0.15, -0.1) is 0 Å². The highest BCUT2D eigenvalue weighted by atomic mass is 32.2. The summed E-state index contributed by atoms with van der Waals surface area (Å²) >= 11 is 0. The number of nitrogens with one attached hydrogen (secondary N) is 1. The minimum Gasteiger partial charge on any atom is -0.366 e. The van der Waals surface area contributed by atoms with Crippen molar-refractivity contribution in [2.75, 3.05) is 13.1 Å². The number of sulfonamides is 1. The second kappa shape index (κ2) is 6.86. The van der Waals surface area contributed by atoms with Crippen LogP contribution in [0.15, 0.2) is 28.2 Å². The summed E-state index contributed by atoms with van der Waals surface area (Å²) < 4.78 is 26.3. The molecule has 0 amide bonds. The van der Waals surface area contributed by atoms with E-state index in [4.69, 9.17) is 0 Å². The number of nitrogens with zero attached hydrogens (tertiary/aromatic N) is 1. The van der Waals surface area contributed by atoms with Crippen LogP contribution in [0.1, 0.15) is 33.6 Å². The monoisotopic (exact) mass is 286 g/mol. The summed E-state index contributed by atoms with van der Waals surface area (Å²) in [7, 11) is -3.71. The Kier molecular flexibility index (Phi) is 5.75. The zero-order valence-electron chi connectivity index (χ0n) is 11.7. The van der Waals surface area contributed by atoms with Crippen LogP contribution >= 0.6 is 0 Å². The molecule has 1 rings (SSSR count). The second-order valence-electron chi connectivity index (χ2n) is 4.51. The molecule has 0 radical (unpaired) electrons. The SMILES string of the molecule is CCC(CC)CN(CC)S(=O)(=O)c1c[nH]ccc1=O. The summed E-state index contributed by atoms with van der Waals surface area (Å²) in [6.45, 7) is 6.71. The fraction of sp³-hybridized carbons (Fsp3) is 0.615. The molecule has 1 heterocycles. The molecule has 6 heteroatoms. The first-order valence-corrected chi connectivity index (χ1v) is 8.08. The summed E-state index contributed by atoms with van der Waals surface area (Å²) in [5.74, 6) is 0.317. The zero-order valence-corrected chi connectivity index (χ0v) is 12.5. The standard InChI is InChI=1S/C13H22N2O3S/c1-4-11(5-2)10-15(6-3)19(17,18)13-9-14-8-7-12(13)16/h7-9,11H,4-6,10H2,1-3H3,(H,14,16). The van der Waals surface area contributed by atoms with Gasteiger partial charge < -0.3 is 4.98 Å². The maximum Gasteiger partial charge on any atom is 0.248 e. The molecule has 19 heavy (non-hydrogen) atoms. The van der Waals surface area contributed by atoms with Crippen LogP contribution in [-0.2, 0) is 10.0 Å². The van der Waals surface area contributed by atoms with Crippen molar-refractivity contribution in [3.8, 4) is 0 Å². The number of rotatable bonds is 7. The Morgan fingerprint density at radius 1 is 1.26 bits per heavy atom. The number of hydrogen-bond acceptors (Lipinski definition) is 3. The minimum atomic E-state index is -3.71. The Hall–Kier alpha value is -1.14. The van der Waals surface area contributed by atoms with Gasteiger partial charge in [-0.25, -0.2) is 8.42 Å². The Labute approximate surface area is 114 Å². The molecule has 1 aromatic rings. The molecule has 5 nitrogen and oxygen atoms in total. The van der Waals surface area contributed by atoms with E-state index in [-0.39, 0.29) is 4.90 Å². The third-order valence-corrected chi connectivity index (χ3v) is 5.34. The zero-order chi connectivity index (χ0) is 14.5. The smallest absolute Gasteiger partial charge is 0.248 e. The van der Waals surface area contributed by atoms with Gasteiger partial charge in [-0.2, -0.15) is 4.31 Å². The van der Waals surface area contributed by atoms with Gasteiger partial charge >= 0.3 is 0 Å². The summed E-state index contributed by atoms with van der Waals surface area (Å²) in [5.41, 5.74) is -0.471. The van der Waals surface area contributed by atoms with Gasteiger partial charge in [0.05, 0.1) is 0 Å². The first kappa shape index (κ1) is 15.9. The molecule has 0 spiro atoms. The summed E-state index contributed by atoms with van der Waals surface area (Å²) in [4.78, 5) is 14.2. The van der Waals surface area contributed by atoms with E-state index in [1.165, 1.54) is 22.8 Å². The van der Waals surface area contributed by atoms with Crippen LogP contribution in [0.5, 0.6) is 0 Å². The fourth-order valence-corrected chi connectivity index (χ4v) is 3.54. The molecule has 0 fully saturated rings. The fourth-order valence-electron chi connectivity index (χ4n) is 1.97. The predicted octanol–water partition coefficient (Wildman–Crippen LogP) is 1.82. The lowest BCUT2D eigenvalue weighted by atomic mass is 10.0. The number of hydrogen-bond donors (Lipinski definition) is 1. The van der Waals surface area contributed by atoms with Gasteiger partial charge in [0.2, 0.25) is 15.5 Å². The molecular weight excluding hydrogens is 264 g/mol. The molecule has 0 unspecified atom stereocenters. The van der Waals surface area contributed by atoms with Gasteiger partial charge in [0.25, 0.3) is 0 Å². The average Bonchev–Trinajstić information content (AvgIpc) is 2.40. The third-order valence-electron chi connectivity index (χ3n) is 3.38. The molecule has 1 N–H and O–H groups in total. The Balaban J connectivity index is 3.10. The quantitative estimate of drug-likeness (QED) is 0.831. The topological polar surface area (TPSA) is 70.2 Å². The maximum absolute atomic E-state index is 12.5. The lowest BCUT2D eigenvalue weighted by Crippen LogP contribution is -2.37. The lowest BCUT2D eigenvalue weighted by Gasteiger charge is -2.24. The molecule has 0 aliphatic heterocycles. The first-order valence-electron chi connectivity index (χ1n) is 6.64. The van der Waals surface area contributed by atoms with Crippen molar-refractivity contribution in [3.63, 3.8) is 0 Å². The normalized spacial score (nSPS) is 12.3. The molecule has 0 saturated carbocycles. The summed E-state index contributed by atoms with van der Waals surface area (Å²) in [6.07, 6.45) is 4.53. The number of H-pyrrole nitrogens is 1. The average molecular weight is 286 g/mol. The molecule has 0 atom stereocenters. The Bertz CT molecular complexity index is 547. The highest BCUT2D eigenvalue weighted by Gasteiger charge is 2.27. The molecule has 0 saturated heterocycles. The molecule has 0 bridgehead atoms. The van der Waals surface area contributed by atoms with E-state index in [1.807, 2.05) is 13.8 Å². The third kappa shape index (κ3) is 3.67. The second-order valence-corrected chi connectivity index (χ2v) is 6.42. The van der Waals surface area contributed by atoms with Gasteiger partial charge in [0, 0.05) is 31.5 Å². The van der Waals surface area contributed by atoms with E-state index in [2.05, 4.69) is 4.98 Å². The van der Waals surface area contributed by atoms with Crippen LogP contribution in [-0.4, -0.2) is 30.8 Å². The Morgan fingerprint density at radius 3 is 2.37 bits per heavy atom. The van der Waals surface area contributed by atoms with Crippen LogP contribution in [0, 0.1) is 5.92 Å². The van der Waals surface area contributed by atoms with Crippen molar-refractivity contribution in [1.82, 2.24) is 9.29 Å². The van der Waals surface area contributed by atoms with Crippen molar-refractivity contribution in [2.24, 2.45) is 5.92 Å². The summed E-state index contributed by atoms with van der Waals surface area (Å²) in [6, 6.07) is 1.23.